The molecule has 2 aliphatic rings. The van der Waals surface area contributed by atoms with Crippen LogP contribution in [0, 0.1) is 0 Å². The molecule has 0 amide bonds. The van der Waals surface area contributed by atoms with E-state index in [4.69, 9.17) is 0 Å². The van der Waals surface area contributed by atoms with Crippen LogP contribution >= 0.6 is 0 Å². The van der Waals surface area contributed by atoms with Gasteiger partial charge in [0.2, 0.25) is 0 Å². The van der Waals surface area contributed by atoms with Gasteiger partial charge in [0.05, 0.1) is 11.4 Å². The quantitative estimate of drug-likeness (QED) is 0.663. The topological polar surface area (TPSA) is 63.8 Å². The average molecular weight is 212 g/mol. The Balaban J connectivity index is 2.27. The van der Waals surface area contributed by atoms with Gasteiger partial charge in [-0.1, -0.05) is 28.5 Å². The molecule has 0 aliphatic carbocycles. The molecule has 0 saturated heterocycles. The van der Waals surface area contributed by atoms with Crippen molar-refractivity contribution in [3.05, 3.63) is 42.6 Å². The van der Waals surface area contributed by atoms with Crippen molar-refractivity contribution in [3.8, 4) is 23.0 Å². The Kier molecular flexibility index (Phi) is 1.83. The van der Waals surface area contributed by atoms with E-state index >= 15 is 0 Å². The van der Waals surface area contributed by atoms with E-state index in [0.717, 1.165) is 11.4 Å². The summed E-state index contributed by atoms with van der Waals surface area (Å²) in [6.45, 7) is 0. The molecule has 0 aromatic heterocycles. The van der Waals surface area contributed by atoms with Crippen LogP contribution in [0.15, 0.2) is 42.6 Å². The van der Waals surface area contributed by atoms with E-state index in [9.17, 15) is 5.11 Å². The summed E-state index contributed by atoms with van der Waals surface area (Å²) in [5, 5.41) is 17.1. The van der Waals surface area contributed by atoms with Crippen molar-refractivity contribution in [1.82, 2.24) is 20.0 Å². The first-order valence-electron chi connectivity index (χ1n) is 4.81. The lowest BCUT2D eigenvalue weighted by atomic mass is 10.3. The summed E-state index contributed by atoms with van der Waals surface area (Å²) in [5.74, 6) is -0.146. The van der Waals surface area contributed by atoms with Crippen LogP contribution in [-0.2, 0) is 0 Å². The minimum absolute atomic E-state index is 0.146. The maximum absolute atomic E-state index is 9.48. The molecule has 16 heavy (non-hydrogen) atoms. The monoisotopic (exact) mass is 212 g/mol. The zero-order valence-corrected chi connectivity index (χ0v) is 8.28. The number of nitrogens with zero attached hydrogens (tertiary/aromatic N) is 4. The van der Waals surface area contributed by atoms with E-state index < -0.39 is 0 Å². The van der Waals surface area contributed by atoms with Crippen molar-refractivity contribution < 1.29 is 5.11 Å². The number of rotatable bonds is 1. The fourth-order valence-corrected chi connectivity index (χ4v) is 1.61. The molecule has 2 aliphatic heterocycles. The first-order chi connectivity index (χ1) is 7.86. The number of hydrogen-bond acceptors (Lipinski definition) is 4. The Morgan fingerprint density at radius 1 is 1.06 bits per heavy atom. The Hall–Kier alpha value is -2.43. The number of hydrogen-bond donors (Lipinski definition) is 1. The molecule has 5 nitrogen and oxygen atoms in total. The normalized spacial score (nSPS) is 10.8. The molecule has 0 spiro atoms. The molecule has 0 atom stereocenters. The fourth-order valence-electron chi connectivity index (χ4n) is 1.61. The average Bonchev–Trinajstić information content (AvgIpc) is 2.81. The van der Waals surface area contributed by atoms with Crippen LogP contribution in [0.3, 0.4) is 0 Å². The lowest BCUT2D eigenvalue weighted by Crippen LogP contribution is -2.06. The zero-order chi connectivity index (χ0) is 11.0. The number of para-hydroxylation sites is 1. The van der Waals surface area contributed by atoms with Gasteiger partial charge >= 0.3 is 0 Å². The highest BCUT2D eigenvalue weighted by Gasteiger charge is 2.16. The highest BCUT2D eigenvalue weighted by atomic mass is 16.3. The number of fused-ring (bicyclic) bond motifs is 1. The third-order valence-corrected chi connectivity index (χ3v) is 2.35. The minimum atomic E-state index is -0.146. The van der Waals surface area contributed by atoms with Crippen LogP contribution in [-0.4, -0.2) is 25.1 Å². The Morgan fingerprint density at radius 3 is 2.69 bits per heavy atom. The second-order valence-electron chi connectivity index (χ2n) is 3.34. The largest absolute Gasteiger partial charge is 0.491 e. The smallest absolute Gasteiger partial charge is 0.261 e. The van der Waals surface area contributed by atoms with Crippen LogP contribution in [0.25, 0.3) is 17.1 Å². The van der Waals surface area contributed by atoms with Gasteiger partial charge in [-0.05, 0) is 18.2 Å². The van der Waals surface area contributed by atoms with E-state index in [-0.39, 0.29) is 5.88 Å². The van der Waals surface area contributed by atoms with Gasteiger partial charge in [0.25, 0.3) is 5.88 Å². The Labute approximate surface area is 91.3 Å². The number of aromatic nitrogens is 4. The molecular formula is C11H8N4O. The second kappa shape index (κ2) is 3.30. The molecule has 3 rings (SSSR count). The van der Waals surface area contributed by atoms with Crippen molar-refractivity contribution in [3.63, 3.8) is 0 Å². The molecule has 0 unspecified atom stereocenters. The number of aromatic hydroxyl groups is 1. The van der Waals surface area contributed by atoms with E-state index in [2.05, 4.69) is 15.3 Å². The standard InChI is InChI=1S/C11H8N4O/c16-11-10-9(6-7-12-10)15(14-13-11)8-4-2-1-3-5-8/h1-7,16H. The molecule has 2 heterocycles. The summed E-state index contributed by atoms with van der Waals surface area (Å²) in [6, 6.07) is 11.4. The SMILES string of the molecule is Oc1nnn(-c2ccccc2)c2ccnc1-2. The van der Waals surface area contributed by atoms with Crippen LogP contribution in [0.2, 0.25) is 0 Å². The lowest BCUT2D eigenvalue weighted by molar-refractivity contribution is 0.436. The van der Waals surface area contributed by atoms with Gasteiger partial charge < -0.3 is 5.11 Å². The van der Waals surface area contributed by atoms with Gasteiger partial charge in [0, 0.05) is 6.20 Å². The molecule has 78 valence electrons. The molecule has 1 aromatic rings. The first kappa shape index (κ1) is 8.84. The summed E-state index contributed by atoms with van der Waals surface area (Å²) < 4.78 is 1.64. The third-order valence-electron chi connectivity index (χ3n) is 2.35. The predicted molar refractivity (Wildman–Crippen MR) is 57.4 cm³/mol. The van der Waals surface area contributed by atoms with Crippen LogP contribution < -0.4 is 0 Å². The summed E-state index contributed by atoms with van der Waals surface area (Å²) in [5.41, 5.74) is 2.07. The number of benzene rings is 1. The molecule has 1 N–H and O–H groups in total. The first-order valence-corrected chi connectivity index (χ1v) is 4.81. The highest BCUT2D eigenvalue weighted by Crippen LogP contribution is 2.27. The van der Waals surface area contributed by atoms with Crippen molar-refractivity contribution in [2.24, 2.45) is 0 Å². The van der Waals surface area contributed by atoms with Gasteiger partial charge in [-0.15, -0.1) is 0 Å². The molecular weight excluding hydrogens is 204 g/mol. The highest BCUT2D eigenvalue weighted by molar-refractivity contribution is 5.63. The van der Waals surface area contributed by atoms with E-state index in [1.54, 1.807) is 16.9 Å². The molecule has 0 bridgehead atoms. The van der Waals surface area contributed by atoms with Crippen molar-refractivity contribution >= 4 is 0 Å². The van der Waals surface area contributed by atoms with Gasteiger partial charge in [0.15, 0.2) is 5.69 Å². The molecule has 0 radical (unpaired) electrons. The van der Waals surface area contributed by atoms with Crippen LogP contribution in [0.1, 0.15) is 0 Å². The molecule has 0 saturated carbocycles. The summed E-state index contributed by atoms with van der Waals surface area (Å²) in [4.78, 5) is 4.03. The lowest BCUT2D eigenvalue weighted by Gasteiger charge is -2.09. The van der Waals surface area contributed by atoms with Crippen LogP contribution in [0.5, 0.6) is 5.88 Å². The van der Waals surface area contributed by atoms with Crippen molar-refractivity contribution in [1.29, 1.82) is 0 Å². The van der Waals surface area contributed by atoms with Gasteiger partial charge in [-0.2, -0.15) is 0 Å². The minimum Gasteiger partial charge on any atom is -0.491 e. The van der Waals surface area contributed by atoms with Crippen LogP contribution in [0.4, 0.5) is 0 Å². The second-order valence-corrected chi connectivity index (χ2v) is 3.34. The maximum Gasteiger partial charge on any atom is 0.261 e. The van der Waals surface area contributed by atoms with E-state index in [1.165, 1.54) is 0 Å². The van der Waals surface area contributed by atoms with Gasteiger partial charge in [-0.3, -0.25) is 0 Å². The molecule has 0 fully saturated rings. The summed E-state index contributed by atoms with van der Waals surface area (Å²) in [7, 11) is 0. The van der Waals surface area contributed by atoms with E-state index in [0.29, 0.717) is 5.69 Å². The zero-order valence-electron chi connectivity index (χ0n) is 8.28. The molecule has 1 aromatic carbocycles. The van der Waals surface area contributed by atoms with Gasteiger partial charge in [0.1, 0.15) is 0 Å². The summed E-state index contributed by atoms with van der Waals surface area (Å²) >= 11 is 0. The maximum atomic E-state index is 9.48. The van der Waals surface area contributed by atoms with E-state index in [1.807, 2.05) is 30.3 Å². The Morgan fingerprint density at radius 2 is 1.88 bits per heavy atom. The fraction of sp³-hybridized carbons (Fsp3) is 0. The van der Waals surface area contributed by atoms with Gasteiger partial charge in [-0.25, -0.2) is 9.67 Å². The molecule has 5 heteroatoms. The predicted octanol–water partition coefficient (Wildman–Crippen LogP) is 1.47. The Bertz CT molecular complexity index is 590. The van der Waals surface area contributed by atoms with Crippen molar-refractivity contribution in [2.75, 3.05) is 0 Å². The third kappa shape index (κ3) is 1.22. The van der Waals surface area contributed by atoms with Crippen molar-refractivity contribution in [2.45, 2.75) is 0 Å². The summed E-state index contributed by atoms with van der Waals surface area (Å²) in [6.07, 6.45) is 1.62.